The smallest absolute Gasteiger partial charge is 0.238 e. The number of likely N-dealkylation sites (N-methyl/N-ethyl adjacent to an activating group) is 1. The van der Waals surface area contributed by atoms with Crippen LogP contribution < -0.4 is 20.7 Å². The zero-order valence-corrected chi connectivity index (χ0v) is 21.1. The third-order valence-corrected chi connectivity index (χ3v) is 4.79. The Morgan fingerprint density at radius 2 is 1.89 bits per heavy atom. The van der Waals surface area contributed by atoms with Crippen molar-refractivity contribution in [1.29, 1.82) is 0 Å². The first-order chi connectivity index (χ1) is 16.7. The number of ether oxygens (including phenoxy) is 1. The predicted octanol–water partition coefficient (Wildman–Crippen LogP) is 4.91. The van der Waals surface area contributed by atoms with E-state index in [0.717, 1.165) is 24.8 Å². The van der Waals surface area contributed by atoms with Gasteiger partial charge in [-0.25, -0.2) is 9.38 Å². The van der Waals surface area contributed by atoms with Crippen molar-refractivity contribution in [3.8, 4) is 5.75 Å². The van der Waals surface area contributed by atoms with E-state index in [1.54, 1.807) is 29.4 Å². The maximum absolute atomic E-state index is 14.8. The molecule has 1 heterocycles. The normalized spacial score (nSPS) is 13.9. The molecule has 35 heavy (non-hydrogen) atoms. The van der Waals surface area contributed by atoms with Crippen LogP contribution in [0.4, 0.5) is 21.5 Å². The summed E-state index contributed by atoms with van der Waals surface area (Å²) in [7, 11) is 3.67. The Morgan fingerprint density at radius 1 is 1.23 bits per heavy atom. The number of hydrogen-bond acceptors (Lipinski definition) is 7. The maximum atomic E-state index is 14.8. The molecule has 3 rings (SSSR count). The molecule has 0 radical (unpaired) electrons. The molecule has 1 unspecified atom stereocenters. The van der Waals surface area contributed by atoms with Gasteiger partial charge in [0.1, 0.15) is 17.9 Å². The first kappa shape index (κ1) is 27.8. The largest absolute Gasteiger partial charge is 0.493 e. The fourth-order valence-electron chi connectivity index (χ4n) is 3.07. The molecule has 0 saturated heterocycles. The van der Waals surface area contributed by atoms with Crippen LogP contribution in [-0.2, 0) is 9.59 Å². The van der Waals surface area contributed by atoms with Gasteiger partial charge in [0.15, 0.2) is 6.17 Å². The summed E-state index contributed by atoms with van der Waals surface area (Å²) < 4.78 is 20.5. The molecule has 0 saturated carbocycles. The van der Waals surface area contributed by atoms with Crippen LogP contribution in [0.15, 0.2) is 41.4 Å². The fourth-order valence-corrected chi connectivity index (χ4v) is 3.07. The third-order valence-electron chi connectivity index (χ3n) is 4.79. The summed E-state index contributed by atoms with van der Waals surface area (Å²) >= 11 is 0. The monoisotopic (exact) mass is 485 g/mol. The average molecular weight is 486 g/mol. The number of nitrogens with one attached hydrogen (secondary N) is 3. The number of carbonyl (C=O) groups is 2. The van der Waals surface area contributed by atoms with Crippen molar-refractivity contribution in [3.63, 3.8) is 0 Å². The SMILES string of the molecule is CC(C)C=O.CCCCOc1cc(F)c2c(c1)NC=NC2Nc1ccc(NC(=O)CN(C)C)cc1. The van der Waals surface area contributed by atoms with Crippen molar-refractivity contribution in [2.45, 2.75) is 39.8 Å². The van der Waals surface area contributed by atoms with Crippen LogP contribution in [-0.4, -0.2) is 50.7 Å². The lowest BCUT2D eigenvalue weighted by atomic mass is 10.1. The maximum Gasteiger partial charge on any atom is 0.238 e. The summed E-state index contributed by atoms with van der Waals surface area (Å²) in [4.78, 5) is 27.5. The molecule has 9 heteroatoms. The number of aliphatic imine (C=N–C) groups is 1. The molecule has 190 valence electrons. The van der Waals surface area contributed by atoms with Gasteiger partial charge in [-0.05, 0) is 44.8 Å². The van der Waals surface area contributed by atoms with Crippen LogP contribution in [0.25, 0.3) is 0 Å². The van der Waals surface area contributed by atoms with Crippen molar-refractivity contribution in [1.82, 2.24) is 4.90 Å². The Hall–Kier alpha value is -3.46. The topological polar surface area (TPSA) is 95.1 Å². The van der Waals surface area contributed by atoms with Crippen molar-refractivity contribution in [3.05, 3.63) is 47.8 Å². The Bertz CT molecular complexity index is 993. The third kappa shape index (κ3) is 9.36. The van der Waals surface area contributed by atoms with Gasteiger partial charge in [-0.15, -0.1) is 0 Å². The number of unbranched alkanes of at least 4 members (excludes halogenated alkanes) is 1. The van der Waals surface area contributed by atoms with E-state index >= 15 is 0 Å². The van der Waals surface area contributed by atoms with Gasteiger partial charge >= 0.3 is 0 Å². The molecular formula is C26H36FN5O3. The number of anilines is 3. The number of aldehydes is 1. The van der Waals surface area contributed by atoms with Crippen LogP contribution in [0.1, 0.15) is 45.3 Å². The second-order valence-corrected chi connectivity index (χ2v) is 8.78. The van der Waals surface area contributed by atoms with E-state index in [2.05, 4.69) is 27.9 Å². The highest BCUT2D eigenvalue weighted by molar-refractivity contribution is 5.92. The zero-order chi connectivity index (χ0) is 25.8. The molecule has 3 N–H and O–H groups in total. The van der Waals surface area contributed by atoms with Gasteiger partial charge in [-0.2, -0.15) is 0 Å². The summed E-state index contributed by atoms with van der Waals surface area (Å²) in [6.45, 7) is 6.65. The molecule has 0 bridgehead atoms. The molecule has 1 aliphatic rings. The molecule has 8 nitrogen and oxygen atoms in total. The Kier molecular flexibility index (Phi) is 11.2. The van der Waals surface area contributed by atoms with Crippen molar-refractivity contribution >= 4 is 35.6 Å². The van der Waals surface area contributed by atoms with E-state index in [0.29, 0.717) is 35.8 Å². The van der Waals surface area contributed by atoms with Gasteiger partial charge in [0, 0.05) is 29.4 Å². The first-order valence-electron chi connectivity index (χ1n) is 11.7. The Balaban J connectivity index is 0.000000784. The fraction of sp³-hybridized carbons (Fsp3) is 0.423. The van der Waals surface area contributed by atoms with Gasteiger partial charge in [0.25, 0.3) is 0 Å². The second-order valence-electron chi connectivity index (χ2n) is 8.78. The van der Waals surface area contributed by atoms with E-state index in [1.165, 1.54) is 6.07 Å². The second kappa shape index (κ2) is 14.1. The number of amides is 1. The van der Waals surface area contributed by atoms with Crippen LogP contribution in [0.2, 0.25) is 0 Å². The van der Waals surface area contributed by atoms with Crippen LogP contribution in [0.3, 0.4) is 0 Å². The number of fused-ring (bicyclic) bond motifs is 1. The molecule has 1 aliphatic heterocycles. The van der Waals surface area contributed by atoms with Crippen LogP contribution in [0.5, 0.6) is 5.75 Å². The van der Waals surface area contributed by atoms with Gasteiger partial charge in [0.2, 0.25) is 5.91 Å². The first-order valence-corrected chi connectivity index (χ1v) is 11.7. The Morgan fingerprint density at radius 3 is 2.49 bits per heavy atom. The highest BCUT2D eigenvalue weighted by Crippen LogP contribution is 2.35. The lowest BCUT2D eigenvalue weighted by molar-refractivity contribution is -0.116. The molecule has 0 spiro atoms. The lowest BCUT2D eigenvalue weighted by Crippen LogP contribution is -2.27. The molecule has 2 aromatic rings. The minimum atomic E-state index is -0.569. The number of hydrogen-bond donors (Lipinski definition) is 3. The number of rotatable bonds is 10. The number of carbonyl (C=O) groups excluding carboxylic acids is 2. The van der Waals surface area contributed by atoms with Crippen molar-refractivity contribution < 1.29 is 18.7 Å². The summed E-state index contributed by atoms with van der Waals surface area (Å²) in [5, 5.41) is 9.05. The zero-order valence-electron chi connectivity index (χ0n) is 21.1. The number of nitrogens with zero attached hydrogens (tertiary/aromatic N) is 2. The Labute approximate surface area is 207 Å². The van der Waals surface area contributed by atoms with Crippen LogP contribution >= 0.6 is 0 Å². The van der Waals surface area contributed by atoms with Gasteiger partial charge in [-0.3, -0.25) is 4.79 Å². The lowest BCUT2D eigenvalue weighted by Gasteiger charge is -2.24. The standard InChI is InChI=1S/C22H28FN5O2.C4H8O/c1-4-5-10-30-17-11-18(23)21-19(12-17)24-14-25-22(21)27-16-8-6-15(7-9-16)26-20(29)13-28(2)3;1-4(2)3-5/h6-9,11-12,14,22,27H,4-5,10,13H2,1-3H3,(H,24,25)(H,26,29);3-4H,1-2H3. The molecule has 0 aliphatic carbocycles. The van der Waals surface area contributed by atoms with E-state index in [-0.39, 0.29) is 17.6 Å². The summed E-state index contributed by atoms with van der Waals surface area (Å²) in [5.41, 5.74) is 2.52. The molecule has 1 atom stereocenters. The van der Waals surface area contributed by atoms with Gasteiger partial charge < -0.3 is 30.4 Å². The van der Waals surface area contributed by atoms with Gasteiger partial charge in [-0.1, -0.05) is 27.2 Å². The van der Waals surface area contributed by atoms with E-state index < -0.39 is 6.17 Å². The van der Waals surface area contributed by atoms with Crippen LogP contribution in [0, 0.1) is 11.7 Å². The molecule has 1 amide bonds. The summed E-state index contributed by atoms with van der Waals surface area (Å²) in [6, 6.07) is 10.4. The predicted molar refractivity (Wildman–Crippen MR) is 140 cm³/mol. The highest BCUT2D eigenvalue weighted by atomic mass is 19.1. The van der Waals surface area contributed by atoms with E-state index in [1.807, 2.05) is 40.1 Å². The van der Waals surface area contributed by atoms with Crippen molar-refractivity contribution in [2.75, 3.05) is 43.2 Å². The summed E-state index contributed by atoms with van der Waals surface area (Å²) in [6.07, 6.45) is 3.83. The van der Waals surface area contributed by atoms with E-state index in [9.17, 15) is 14.0 Å². The number of halogens is 1. The number of benzene rings is 2. The van der Waals surface area contributed by atoms with Gasteiger partial charge in [0.05, 0.1) is 30.7 Å². The quantitative estimate of drug-likeness (QED) is 0.327. The molecule has 2 aromatic carbocycles. The minimum Gasteiger partial charge on any atom is -0.493 e. The van der Waals surface area contributed by atoms with Crippen molar-refractivity contribution in [2.24, 2.45) is 10.9 Å². The molecule has 0 fully saturated rings. The highest BCUT2D eigenvalue weighted by Gasteiger charge is 2.23. The minimum absolute atomic E-state index is 0.0865. The van der Waals surface area contributed by atoms with E-state index in [4.69, 9.17) is 4.74 Å². The molecule has 0 aromatic heterocycles. The average Bonchev–Trinajstić information content (AvgIpc) is 2.80. The molecular weight excluding hydrogens is 449 g/mol. The summed E-state index contributed by atoms with van der Waals surface area (Å²) in [5.74, 6) is 0.235.